The molecule has 0 aliphatic carbocycles. The van der Waals surface area contributed by atoms with Gasteiger partial charge in [-0.2, -0.15) is 14.4 Å². The number of fused-ring (bicyclic) bond motifs is 1. The molecule has 20 heavy (non-hydrogen) atoms. The van der Waals surface area contributed by atoms with Crippen LogP contribution in [0.4, 0.5) is 10.2 Å². The van der Waals surface area contributed by atoms with Gasteiger partial charge in [-0.3, -0.25) is 4.57 Å². The highest BCUT2D eigenvalue weighted by molar-refractivity contribution is 5.81. The quantitative estimate of drug-likeness (QED) is 0.640. The first-order valence-electron chi connectivity index (χ1n) is 6.20. The number of hydrogen-bond donors (Lipinski definition) is 3. The molecule has 0 spiro atoms. The molecule has 9 heteroatoms. The van der Waals surface area contributed by atoms with E-state index in [-0.39, 0.29) is 17.0 Å². The molecule has 2 aromatic rings. The first kappa shape index (κ1) is 13.2. The van der Waals surface area contributed by atoms with E-state index in [0.29, 0.717) is 6.42 Å². The van der Waals surface area contributed by atoms with Gasteiger partial charge in [0.2, 0.25) is 0 Å². The number of nitrogens with two attached hydrogens (primary N) is 1. The lowest BCUT2D eigenvalue weighted by molar-refractivity contribution is -0.0356. The maximum Gasteiger partial charge on any atom is 0.312 e. The number of imidazole rings is 1. The van der Waals surface area contributed by atoms with E-state index in [2.05, 4.69) is 15.0 Å². The molecule has 0 radical (unpaired) electrons. The van der Waals surface area contributed by atoms with Gasteiger partial charge in [-0.15, -0.1) is 0 Å². The Morgan fingerprint density at radius 1 is 1.40 bits per heavy atom. The van der Waals surface area contributed by atoms with E-state index in [1.165, 1.54) is 10.9 Å². The summed E-state index contributed by atoms with van der Waals surface area (Å²) >= 11 is 0. The van der Waals surface area contributed by atoms with Gasteiger partial charge < -0.3 is 20.7 Å². The first-order valence-corrected chi connectivity index (χ1v) is 6.20. The van der Waals surface area contributed by atoms with Crippen LogP contribution in [0.25, 0.3) is 11.2 Å². The van der Waals surface area contributed by atoms with Crippen LogP contribution >= 0.6 is 0 Å². The van der Waals surface area contributed by atoms with E-state index in [4.69, 9.17) is 10.5 Å². The minimum absolute atomic E-state index is 0.0914. The summed E-state index contributed by atoms with van der Waals surface area (Å²) in [5.74, 6) is -0.0914. The summed E-state index contributed by atoms with van der Waals surface area (Å²) in [4.78, 5) is 11.0. The Morgan fingerprint density at radius 3 is 2.80 bits per heavy atom. The summed E-state index contributed by atoms with van der Waals surface area (Å²) < 4.78 is 20.2. The van der Waals surface area contributed by atoms with E-state index in [1.807, 2.05) is 6.92 Å². The minimum atomic E-state index is -1.16. The van der Waals surface area contributed by atoms with Crippen LogP contribution in [0.5, 0.6) is 0 Å². The summed E-state index contributed by atoms with van der Waals surface area (Å²) in [6.07, 6.45) is -2.70. The van der Waals surface area contributed by atoms with Gasteiger partial charge in [0.15, 0.2) is 23.2 Å². The van der Waals surface area contributed by atoms with Crippen molar-refractivity contribution in [2.75, 3.05) is 5.73 Å². The topological polar surface area (TPSA) is 119 Å². The van der Waals surface area contributed by atoms with E-state index in [1.54, 1.807) is 0 Å². The molecule has 3 heterocycles. The Morgan fingerprint density at radius 2 is 2.15 bits per heavy atom. The number of ether oxygens (including phenoxy) is 1. The number of aliphatic hydroxyl groups is 2. The lowest BCUT2D eigenvalue weighted by atomic mass is 10.1. The van der Waals surface area contributed by atoms with Gasteiger partial charge >= 0.3 is 6.08 Å². The van der Waals surface area contributed by atoms with Crippen LogP contribution in [0.3, 0.4) is 0 Å². The standard InChI is InChI=1S/C11H14FN5O3/c1-2-4-6(18)7(19)10(20-4)17-3-14-5-8(13)15-11(12)16-9(5)17/h3-4,6-7,10,18-19H,2H2,1H3,(H2,13,15,16). The molecule has 0 amide bonds. The van der Waals surface area contributed by atoms with Crippen molar-refractivity contribution in [2.24, 2.45) is 0 Å². The Bertz CT molecular complexity index is 648. The average Bonchev–Trinajstić information content (AvgIpc) is 2.93. The fourth-order valence-corrected chi connectivity index (χ4v) is 2.39. The average molecular weight is 283 g/mol. The van der Waals surface area contributed by atoms with Crippen LogP contribution < -0.4 is 5.73 Å². The highest BCUT2D eigenvalue weighted by atomic mass is 19.1. The largest absolute Gasteiger partial charge is 0.388 e. The number of aromatic nitrogens is 4. The first-order chi connectivity index (χ1) is 9.52. The van der Waals surface area contributed by atoms with E-state index in [0.717, 1.165) is 0 Å². The zero-order chi connectivity index (χ0) is 14.4. The third-order valence-electron chi connectivity index (χ3n) is 3.43. The number of hydrogen-bond acceptors (Lipinski definition) is 7. The summed E-state index contributed by atoms with van der Waals surface area (Å²) in [6.45, 7) is 1.83. The van der Waals surface area contributed by atoms with Gasteiger partial charge in [0, 0.05) is 0 Å². The highest BCUT2D eigenvalue weighted by Gasteiger charge is 2.43. The maximum atomic E-state index is 13.3. The van der Waals surface area contributed by atoms with Crippen molar-refractivity contribution < 1.29 is 19.3 Å². The minimum Gasteiger partial charge on any atom is -0.388 e. The second-order valence-electron chi connectivity index (χ2n) is 4.66. The third-order valence-corrected chi connectivity index (χ3v) is 3.43. The molecule has 4 N–H and O–H groups in total. The second-order valence-corrected chi connectivity index (χ2v) is 4.66. The molecule has 1 fully saturated rings. The normalized spacial score (nSPS) is 30.2. The fourth-order valence-electron chi connectivity index (χ4n) is 2.39. The molecule has 0 aromatic carbocycles. The summed E-state index contributed by atoms with van der Waals surface area (Å²) in [7, 11) is 0. The highest BCUT2D eigenvalue weighted by Crippen LogP contribution is 2.33. The van der Waals surface area contributed by atoms with Crippen LogP contribution in [0.15, 0.2) is 6.33 Å². The lowest BCUT2D eigenvalue weighted by Gasteiger charge is -2.16. The molecule has 1 aliphatic rings. The molecular formula is C11H14FN5O3. The second kappa shape index (κ2) is 4.62. The Kier molecular flexibility index (Phi) is 3.04. The van der Waals surface area contributed by atoms with Gasteiger partial charge in [0.25, 0.3) is 0 Å². The Balaban J connectivity index is 2.07. The smallest absolute Gasteiger partial charge is 0.312 e. The zero-order valence-corrected chi connectivity index (χ0v) is 10.6. The third kappa shape index (κ3) is 1.82. The number of anilines is 1. The van der Waals surface area contributed by atoms with E-state index in [9.17, 15) is 14.6 Å². The van der Waals surface area contributed by atoms with Gasteiger partial charge in [0.1, 0.15) is 12.2 Å². The molecule has 108 valence electrons. The molecule has 0 bridgehead atoms. The van der Waals surface area contributed by atoms with Gasteiger partial charge in [-0.05, 0) is 6.42 Å². The van der Waals surface area contributed by atoms with Crippen LogP contribution in [0.2, 0.25) is 0 Å². The zero-order valence-electron chi connectivity index (χ0n) is 10.6. The molecule has 8 nitrogen and oxygen atoms in total. The number of aliphatic hydroxyl groups excluding tert-OH is 2. The summed E-state index contributed by atoms with van der Waals surface area (Å²) in [5, 5.41) is 19.9. The molecule has 4 atom stereocenters. The van der Waals surface area contributed by atoms with Crippen molar-refractivity contribution in [3.63, 3.8) is 0 Å². The van der Waals surface area contributed by atoms with Crippen molar-refractivity contribution in [1.29, 1.82) is 0 Å². The van der Waals surface area contributed by atoms with Gasteiger partial charge in [0.05, 0.1) is 12.4 Å². The Labute approximate surface area is 113 Å². The molecule has 0 saturated carbocycles. The van der Waals surface area contributed by atoms with Crippen molar-refractivity contribution >= 4 is 17.0 Å². The molecule has 1 aliphatic heterocycles. The van der Waals surface area contributed by atoms with Crippen molar-refractivity contribution in [2.45, 2.75) is 37.9 Å². The molecule has 3 rings (SSSR count). The lowest BCUT2D eigenvalue weighted by Crippen LogP contribution is -2.31. The fraction of sp³-hybridized carbons (Fsp3) is 0.545. The SMILES string of the molecule is CCC1OC(n2cnc3c(N)nc(F)nc32)C(O)C1O. The Hall–Kier alpha value is -1.84. The van der Waals surface area contributed by atoms with Gasteiger partial charge in [-0.25, -0.2) is 4.98 Å². The molecule has 2 aromatic heterocycles. The van der Waals surface area contributed by atoms with E-state index < -0.39 is 30.6 Å². The predicted octanol–water partition coefficient (Wildman–Crippen LogP) is -0.423. The predicted molar refractivity (Wildman–Crippen MR) is 65.9 cm³/mol. The number of nitrogens with zero attached hydrogens (tertiary/aromatic N) is 4. The monoisotopic (exact) mass is 283 g/mol. The van der Waals surface area contributed by atoms with Crippen molar-refractivity contribution in [1.82, 2.24) is 19.5 Å². The van der Waals surface area contributed by atoms with Gasteiger partial charge in [-0.1, -0.05) is 6.92 Å². The number of rotatable bonds is 2. The molecule has 1 saturated heterocycles. The van der Waals surface area contributed by atoms with Crippen LogP contribution in [0, 0.1) is 6.08 Å². The summed E-state index contributed by atoms with van der Waals surface area (Å²) in [5.41, 5.74) is 5.90. The molecule has 4 unspecified atom stereocenters. The van der Waals surface area contributed by atoms with Crippen molar-refractivity contribution in [3.8, 4) is 0 Å². The van der Waals surface area contributed by atoms with Crippen LogP contribution in [0.1, 0.15) is 19.6 Å². The number of nitrogen functional groups attached to an aromatic ring is 1. The van der Waals surface area contributed by atoms with Crippen LogP contribution in [-0.4, -0.2) is 48.0 Å². The molecular weight excluding hydrogens is 269 g/mol. The number of halogens is 1. The van der Waals surface area contributed by atoms with E-state index >= 15 is 0 Å². The van der Waals surface area contributed by atoms with Crippen LogP contribution in [-0.2, 0) is 4.74 Å². The van der Waals surface area contributed by atoms with Crippen molar-refractivity contribution in [3.05, 3.63) is 12.4 Å². The maximum absolute atomic E-state index is 13.3. The summed E-state index contributed by atoms with van der Waals surface area (Å²) in [6, 6.07) is 0.